The molecule has 0 atom stereocenters. The molecule has 1 amide bonds. The Balaban J connectivity index is 1.57. The number of rotatable bonds is 6. The molecule has 3 rings (SSSR count). The lowest BCUT2D eigenvalue weighted by Crippen LogP contribution is -2.23. The van der Waals surface area contributed by atoms with Gasteiger partial charge in [-0.2, -0.15) is 5.10 Å². The van der Waals surface area contributed by atoms with Crippen molar-refractivity contribution < 1.29 is 13.9 Å². The molecule has 0 saturated heterocycles. The van der Waals surface area contributed by atoms with Gasteiger partial charge in [0.2, 0.25) is 0 Å². The minimum Gasteiger partial charge on any atom is -0.484 e. The maximum Gasteiger partial charge on any atom is 0.287 e. The van der Waals surface area contributed by atoms with Crippen molar-refractivity contribution in [3.63, 3.8) is 0 Å². The summed E-state index contributed by atoms with van der Waals surface area (Å²) in [7, 11) is 1.83. The van der Waals surface area contributed by atoms with E-state index in [0.29, 0.717) is 28.1 Å². The van der Waals surface area contributed by atoms with Gasteiger partial charge in [-0.25, -0.2) is 0 Å². The zero-order valence-electron chi connectivity index (χ0n) is 14.3. The third kappa shape index (κ3) is 4.20. The van der Waals surface area contributed by atoms with E-state index in [1.807, 2.05) is 20.0 Å². The van der Waals surface area contributed by atoms with E-state index in [4.69, 9.17) is 32.4 Å². The van der Waals surface area contributed by atoms with Gasteiger partial charge in [-0.3, -0.25) is 9.48 Å². The fourth-order valence-corrected chi connectivity index (χ4v) is 2.76. The average Bonchev–Trinajstić information content (AvgIpc) is 3.20. The van der Waals surface area contributed by atoms with Gasteiger partial charge in [0.25, 0.3) is 5.91 Å². The fraction of sp³-hybridized carbons (Fsp3) is 0.222. The van der Waals surface area contributed by atoms with Crippen molar-refractivity contribution in [3.8, 4) is 5.75 Å². The number of ether oxygens (including phenoxy) is 1. The van der Waals surface area contributed by atoms with E-state index in [1.54, 1.807) is 35.0 Å². The molecule has 3 aromatic rings. The number of aryl methyl sites for hydroxylation is 2. The highest BCUT2D eigenvalue weighted by atomic mass is 35.5. The van der Waals surface area contributed by atoms with Crippen LogP contribution in [0.15, 0.2) is 40.8 Å². The largest absolute Gasteiger partial charge is 0.484 e. The molecule has 0 aliphatic carbocycles. The fourth-order valence-electron chi connectivity index (χ4n) is 2.41. The number of carbonyl (C=O) groups excluding carboxylic acids is 1. The molecule has 0 spiro atoms. The number of hydrogen-bond acceptors (Lipinski definition) is 4. The quantitative estimate of drug-likeness (QED) is 0.683. The monoisotopic (exact) mass is 393 g/mol. The van der Waals surface area contributed by atoms with Crippen LogP contribution < -0.4 is 10.1 Å². The van der Waals surface area contributed by atoms with E-state index in [0.717, 1.165) is 11.4 Å². The Labute approximate surface area is 160 Å². The summed E-state index contributed by atoms with van der Waals surface area (Å²) in [5.41, 5.74) is 1.80. The van der Waals surface area contributed by atoms with Gasteiger partial charge in [0, 0.05) is 7.05 Å². The molecule has 1 aromatic carbocycles. The number of nitrogens with one attached hydrogen (secondary N) is 1. The van der Waals surface area contributed by atoms with E-state index in [1.165, 1.54) is 0 Å². The molecule has 0 bridgehead atoms. The second kappa shape index (κ2) is 7.85. The third-order valence-corrected chi connectivity index (χ3v) is 4.50. The number of nitrogens with zero attached hydrogens (tertiary/aromatic N) is 2. The highest BCUT2D eigenvalue weighted by molar-refractivity contribution is 6.42. The number of benzene rings is 1. The molecule has 0 aliphatic heterocycles. The van der Waals surface area contributed by atoms with E-state index >= 15 is 0 Å². The molecule has 6 nitrogen and oxygen atoms in total. The first-order valence-electron chi connectivity index (χ1n) is 7.87. The Hall–Kier alpha value is -2.44. The summed E-state index contributed by atoms with van der Waals surface area (Å²) in [5.74, 6) is 0.853. The summed E-state index contributed by atoms with van der Waals surface area (Å²) >= 11 is 12.0. The van der Waals surface area contributed by atoms with Crippen molar-refractivity contribution in [2.75, 3.05) is 0 Å². The SMILES string of the molecule is Cc1cc(CNC(=O)c2ccc(COc3cccc(Cl)c3Cl)o2)n(C)n1. The van der Waals surface area contributed by atoms with Gasteiger partial charge in [-0.15, -0.1) is 0 Å². The van der Waals surface area contributed by atoms with Crippen molar-refractivity contribution in [2.24, 2.45) is 7.05 Å². The van der Waals surface area contributed by atoms with Crippen LogP contribution in [-0.4, -0.2) is 15.7 Å². The molecule has 8 heteroatoms. The smallest absolute Gasteiger partial charge is 0.287 e. The first-order chi connectivity index (χ1) is 12.4. The van der Waals surface area contributed by atoms with Crippen molar-refractivity contribution in [2.45, 2.75) is 20.1 Å². The van der Waals surface area contributed by atoms with Crippen LogP contribution in [0.25, 0.3) is 0 Å². The zero-order chi connectivity index (χ0) is 18.7. The maximum absolute atomic E-state index is 12.2. The Morgan fingerprint density at radius 1 is 1.31 bits per heavy atom. The zero-order valence-corrected chi connectivity index (χ0v) is 15.8. The summed E-state index contributed by atoms with van der Waals surface area (Å²) in [6.07, 6.45) is 0. The van der Waals surface area contributed by atoms with Crippen LogP contribution in [0.2, 0.25) is 10.0 Å². The number of hydrogen-bond donors (Lipinski definition) is 1. The lowest BCUT2D eigenvalue weighted by molar-refractivity contribution is 0.0918. The second-order valence-electron chi connectivity index (χ2n) is 5.69. The molecule has 1 N–H and O–H groups in total. The molecule has 0 aliphatic rings. The summed E-state index contributed by atoms with van der Waals surface area (Å²) in [5, 5.41) is 7.79. The normalized spacial score (nSPS) is 10.8. The molecular weight excluding hydrogens is 377 g/mol. The lowest BCUT2D eigenvalue weighted by atomic mass is 10.3. The van der Waals surface area contributed by atoms with Crippen LogP contribution in [0.1, 0.15) is 27.7 Å². The molecule has 2 aromatic heterocycles. The number of furan rings is 1. The van der Waals surface area contributed by atoms with E-state index in [-0.39, 0.29) is 18.3 Å². The Bertz CT molecular complexity index is 934. The first kappa shape index (κ1) is 18.4. The van der Waals surface area contributed by atoms with Crippen molar-refractivity contribution in [1.29, 1.82) is 0 Å². The van der Waals surface area contributed by atoms with Crippen LogP contribution in [-0.2, 0) is 20.2 Å². The number of aromatic nitrogens is 2. The van der Waals surface area contributed by atoms with Gasteiger partial charge in [0.05, 0.1) is 23.0 Å². The van der Waals surface area contributed by atoms with Crippen molar-refractivity contribution in [3.05, 3.63) is 69.4 Å². The molecule has 0 radical (unpaired) electrons. The Morgan fingerprint density at radius 3 is 2.85 bits per heavy atom. The van der Waals surface area contributed by atoms with Crippen LogP contribution in [0.5, 0.6) is 5.75 Å². The van der Waals surface area contributed by atoms with Gasteiger partial charge in [0.1, 0.15) is 23.1 Å². The topological polar surface area (TPSA) is 69.3 Å². The Kier molecular flexibility index (Phi) is 5.54. The van der Waals surface area contributed by atoms with E-state index < -0.39 is 0 Å². The Morgan fingerprint density at radius 2 is 2.12 bits per heavy atom. The minimum absolute atomic E-state index is 0.133. The van der Waals surface area contributed by atoms with Crippen LogP contribution in [0.3, 0.4) is 0 Å². The maximum atomic E-state index is 12.2. The number of amides is 1. The van der Waals surface area contributed by atoms with Gasteiger partial charge in [0.15, 0.2) is 5.76 Å². The van der Waals surface area contributed by atoms with E-state index in [9.17, 15) is 4.79 Å². The minimum atomic E-state index is -0.309. The number of carbonyl (C=O) groups is 1. The molecule has 26 heavy (non-hydrogen) atoms. The standard InChI is InChI=1S/C18H17Cl2N3O3/c1-11-8-12(23(2)22-11)9-21-18(24)16-7-6-13(26-16)10-25-15-5-3-4-14(19)17(15)20/h3-8H,9-10H2,1-2H3,(H,21,24). The van der Waals surface area contributed by atoms with Gasteiger partial charge < -0.3 is 14.5 Å². The predicted octanol–water partition coefficient (Wildman–Crippen LogP) is 4.14. The van der Waals surface area contributed by atoms with Crippen LogP contribution in [0.4, 0.5) is 0 Å². The molecule has 0 fully saturated rings. The molecule has 2 heterocycles. The summed E-state index contributed by atoms with van der Waals surface area (Å²) in [6.45, 7) is 2.39. The van der Waals surface area contributed by atoms with Gasteiger partial charge in [-0.1, -0.05) is 29.3 Å². The van der Waals surface area contributed by atoms with Gasteiger partial charge in [-0.05, 0) is 37.3 Å². The summed E-state index contributed by atoms with van der Waals surface area (Å²) < 4.78 is 12.8. The highest BCUT2D eigenvalue weighted by Crippen LogP contribution is 2.32. The van der Waals surface area contributed by atoms with Crippen molar-refractivity contribution >= 4 is 29.1 Å². The number of halogens is 2. The van der Waals surface area contributed by atoms with E-state index in [2.05, 4.69) is 10.4 Å². The average molecular weight is 394 g/mol. The molecule has 0 unspecified atom stereocenters. The first-order valence-corrected chi connectivity index (χ1v) is 8.63. The summed E-state index contributed by atoms with van der Waals surface area (Å²) in [4.78, 5) is 12.2. The van der Waals surface area contributed by atoms with Crippen molar-refractivity contribution in [1.82, 2.24) is 15.1 Å². The third-order valence-electron chi connectivity index (χ3n) is 3.70. The molecule has 136 valence electrons. The van der Waals surface area contributed by atoms with Crippen LogP contribution in [0, 0.1) is 6.92 Å². The second-order valence-corrected chi connectivity index (χ2v) is 6.48. The van der Waals surface area contributed by atoms with Crippen LogP contribution >= 0.6 is 23.2 Å². The lowest BCUT2D eigenvalue weighted by Gasteiger charge is -2.07. The highest BCUT2D eigenvalue weighted by Gasteiger charge is 2.13. The molecular formula is C18H17Cl2N3O3. The summed E-state index contributed by atoms with van der Waals surface area (Å²) in [6, 6.07) is 10.3. The van der Waals surface area contributed by atoms with Gasteiger partial charge >= 0.3 is 0 Å². The molecule has 0 saturated carbocycles. The predicted molar refractivity (Wildman–Crippen MR) is 98.6 cm³/mol.